The molecule has 0 atom stereocenters. The van der Waals surface area contributed by atoms with Crippen molar-refractivity contribution in [2.24, 2.45) is 0 Å². The summed E-state index contributed by atoms with van der Waals surface area (Å²) >= 11 is 0. The number of carbonyl (C=O) groups is 1. The minimum absolute atomic E-state index is 0.240. The van der Waals surface area contributed by atoms with Gasteiger partial charge in [-0.05, 0) is 29.8 Å². The molecule has 2 aromatic carbocycles. The largest absolute Gasteiger partial charge is 0.489 e. The van der Waals surface area contributed by atoms with Gasteiger partial charge in [-0.3, -0.25) is 9.10 Å². The molecule has 0 fully saturated rings. The molecule has 0 aliphatic heterocycles. The number of hydrogen-bond acceptors (Lipinski definition) is 4. The van der Waals surface area contributed by atoms with E-state index in [1.165, 1.54) is 4.90 Å². The van der Waals surface area contributed by atoms with Gasteiger partial charge in [-0.1, -0.05) is 30.3 Å². The first-order valence-electron chi connectivity index (χ1n) is 7.72. The Morgan fingerprint density at radius 1 is 1.00 bits per heavy atom. The third-order valence-electron chi connectivity index (χ3n) is 3.55. The molecule has 0 radical (unpaired) electrons. The standard InChI is InChI=1S/C18H22N2O4S/c1-19(2)18(21)13-20(25(3,22)23)16-9-11-17(12-10-16)24-14-15-7-5-4-6-8-15/h4-12H,13-14H2,1-3H3. The second kappa shape index (κ2) is 8.02. The highest BCUT2D eigenvalue weighted by atomic mass is 32.2. The van der Waals surface area contributed by atoms with E-state index in [-0.39, 0.29) is 12.5 Å². The van der Waals surface area contributed by atoms with E-state index in [2.05, 4.69) is 0 Å². The van der Waals surface area contributed by atoms with Crippen LogP contribution in [0.3, 0.4) is 0 Å². The van der Waals surface area contributed by atoms with Crippen molar-refractivity contribution < 1.29 is 17.9 Å². The number of ether oxygens (including phenoxy) is 1. The number of benzene rings is 2. The average molecular weight is 362 g/mol. The van der Waals surface area contributed by atoms with Crippen LogP contribution in [-0.4, -0.2) is 46.1 Å². The molecule has 25 heavy (non-hydrogen) atoms. The fourth-order valence-electron chi connectivity index (χ4n) is 2.11. The van der Waals surface area contributed by atoms with Gasteiger partial charge in [0.15, 0.2) is 0 Å². The second-order valence-corrected chi connectivity index (χ2v) is 7.73. The lowest BCUT2D eigenvalue weighted by atomic mass is 10.2. The SMILES string of the molecule is CN(C)C(=O)CN(c1ccc(OCc2ccccc2)cc1)S(C)(=O)=O. The highest BCUT2D eigenvalue weighted by Crippen LogP contribution is 2.22. The van der Waals surface area contributed by atoms with Crippen molar-refractivity contribution >= 4 is 21.6 Å². The first kappa shape index (κ1) is 18.8. The summed E-state index contributed by atoms with van der Waals surface area (Å²) in [6.07, 6.45) is 1.08. The van der Waals surface area contributed by atoms with Crippen LogP contribution in [0.15, 0.2) is 54.6 Å². The quantitative estimate of drug-likeness (QED) is 0.757. The van der Waals surface area contributed by atoms with Gasteiger partial charge < -0.3 is 9.64 Å². The maximum absolute atomic E-state index is 12.0. The first-order valence-corrected chi connectivity index (χ1v) is 9.57. The molecule has 2 aromatic rings. The van der Waals surface area contributed by atoms with Crippen LogP contribution in [0, 0.1) is 0 Å². The van der Waals surface area contributed by atoms with Crippen molar-refractivity contribution in [3.05, 3.63) is 60.2 Å². The number of anilines is 1. The van der Waals surface area contributed by atoms with Gasteiger partial charge in [-0.2, -0.15) is 0 Å². The number of amides is 1. The zero-order chi connectivity index (χ0) is 18.4. The highest BCUT2D eigenvalue weighted by Gasteiger charge is 2.21. The molecule has 0 aromatic heterocycles. The molecule has 0 unspecified atom stereocenters. The summed E-state index contributed by atoms with van der Waals surface area (Å²) in [7, 11) is -0.396. The molecule has 0 aliphatic carbocycles. The van der Waals surface area contributed by atoms with Crippen LogP contribution >= 0.6 is 0 Å². The van der Waals surface area contributed by atoms with E-state index in [0.29, 0.717) is 18.0 Å². The number of carbonyl (C=O) groups excluding carboxylic acids is 1. The molecule has 0 N–H and O–H groups in total. The molecular weight excluding hydrogens is 340 g/mol. The normalized spacial score (nSPS) is 11.0. The van der Waals surface area contributed by atoms with E-state index in [1.54, 1.807) is 38.4 Å². The molecule has 1 amide bonds. The van der Waals surface area contributed by atoms with Crippen LogP contribution in [0.1, 0.15) is 5.56 Å². The summed E-state index contributed by atoms with van der Waals surface area (Å²) in [6.45, 7) is 0.186. The van der Waals surface area contributed by atoms with Gasteiger partial charge in [-0.15, -0.1) is 0 Å². The minimum Gasteiger partial charge on any atom is -0.489 e. The summed E-state index contributed by atoms with van der Waals surface area (Å²) < 4.78 is 30.8. The Labute approximate surface area is 148 Å². The van der Waals surface area contributed by atoms with Crippen molar-refractivity contribution in [1.82, 2.24) is 4.90 Å². The first-order chi connectivity index (χ1) is 11.8. The van der Waals surface area contributed by atoms with Crippen LogP contribution in [0.4, 0.5) is 5.69 Å². The molecular formula is C18H22N2O4S. The predicted octanol–water partition coefficient (Wildman–Crippen LogP) is 2.12. The van der Waals surface area contributed by atoms with Crippen LogP contribution < -0.4 is 9.04 Å². The van der Waals surface area contributed by atoms with Crippen molar-refractivity contribution in [2.45, 2.75) is 6.61 Å². The lowest BCUT2D eigenvalue weighted by molar-refractivity contribution is -0.127. The van der Waals surface area contributed by atoms with Gasteiger partial charge in [0.05, 0.1) is 11.9 Å². The van der Waals surface area contributed by atoms with E-state index < -0.39 is 10.0 Å². The second-order valence-electron chi connectivity index (χ2n) is 5.83. The smallest absolute Gasteiger partial charge is 0.242 e. The van der Waals surface area contributed by atoms with E-state index in [4.69, 9.17) is 4.74 Å². The lowest BCUT2D eigenvalue weighted by Crippen LogP contribution is -2.39. The van der Waals surface area contributed by atoms with Crippen molar-refractivity contribution in [3.63, 3.8) is 0 Å². The number of nitrogens with zero attached hydrogens (tertiary/aromatic N) is 2. The third-order valence-corrected chi connectivity index (χ3v) is 4.69. The van der Waals surface area contributed by atoms with Crippen LogP contribution in [-0.2, 0) is 21.4 Å². The average Bonchev–Trinajstić information content (AvgIpc) is 2.58. The van der Waals surface area contributed by atoms with Gasteiger partial charge in [0.2, 0.25) is 15.9 Å². The Balaban J connectivity index is 2.11. The Hall–Kier alpha value is -2.54. The summed E-state index contributed by atoms with van der Waals surface area (Å²) in [6, 6.07) is 16.4. The molecule has 2 rings (SSSR count). The summed E-state index contributed by atoms with van der Waals surface area (Å²) in [5.41, 5.74) is 1.46. The van der Waals surface area contributed by atoms with E-state index in [0.717, 1.165) is 16.1 Å². The predicted molar refractivity (Wildman–Crippen MR) is 98.1 cm³/mol. The lowest BCUT2D eigenvalue weighted by Gasteiger charge is -2.23. The molecule has 0 saturated heterocycles. The zero-order valence-corrected chi connectivity index (χ0v) is 15.4. The maximum Gasteiger partial charge on any atom is 0.242 e. The van der Waals surface area contributed by atoms with Gasteiger partial charge >= 0.3 is 0 Å². The zero-order valence-electron chi connectivity index (χ0n) is 14.5. The summed E-state index contributed by atoms with van der Waals surface area (Å²) in [5, 5.41) is 0. The van der Waals surface area contributed by atoms with E-state index in [1.807, 2.05) is 30.3 Å². The summed E-state index contributed by atoms with van der Waals surface area (Å²) in [5.74, 6) is 0.329. The van der Waals surface area contributed by atoms with Crippen LogP contribution in [0.2, 0.25) is 0 Å². The molecule has 134 valence electrons. The molecule has 0 aliphatic rings. The Morgan fingerprint density at radius 3 is 2.12 bits per heavy atom. The van der Waals surface area contributed by atoms with Crippen molar-refractivity contribution in [1.29, 1.82) is 0 Å². The molecule has 0 bridgehead atoms. The molecule has 6 nitrogen and oxygen atoms in total. The van der Waals surface area contributed by atoms with Crippen molar-refractivity contribution in [3.8, 4) is 5.75 Å². The minimum atomic E-state index is -3.57. The maximum atomic E-state index is 12.0. The van der Waals surface area contributed by atoms with Crippen molar-refractivity contribution in [2.75, 3.05) is 31.2 Å². The molecule has 0 saturated carbocycles. The molecule has 7 heteroatoms. The Morgan fingerprint density at radius 2 is 1.60 bits per heavy atom. The van der Waals surface area contributed by atoms with E-state index in [9.17, 15) is 13.2 Å². The summed E-state index contributed by atoms with van der Waals surface area (Å²) in [4.78, 5) is 13.3. The third kappa shape index (κ3) is 5.49. The van der Waals surface area contributed by atoms with Gasteiger partial charge in [0.1, 0.15) is 18.9 Å². The van der Waals surface area contributed by atoms with E-state index >= 15 is 0 Å². The fourth-order valence-corrected chi connectivity index (χ4v) is 2.96. The highest BCUT2D eigenvalue weighted by molar-refractivity contribution is 7.92. The fraction of sp³-hybridized carbons (Fsp3) is 0.278. The van der Waals surface area contributed by atoms with Gasteiger partial charge in [-0.25, -0.2) is 8.42 Å². The van der Waals surface area contributed by atoms with Gasteiger partial charge in [0.25, 0.3) is 0 Å². The number of sulfonamides is 1. The van der Waals surface area contributed by atoms with Crippen LogP contribution in [0.25, 0.3) is 0 Å². The number of rotatable bonds is 7. The topological polar surface area (TPSA) is 66.9 Å². The number of hydrogen-bond donors (Lipinski definition) is 0. The molecule has 0 heterocycles. The number of likely N-dealkylation sites (N-methyl/N-ethyl adjacent to an activating group) is 1. The Kier molecular flexibility index (Phi) is 6.03. The van der Waals surface area contributed by atoms with Crippen LogP contribution in [0.5, 0.6) is 5.75 Å². The molecule has 0 spiro atoms. The Bertz CT molecular complexity index is 803. The monoisotopic (exact) mass is 362 g/mol. The van der Waals surface area contributed by atoms with Gasteiger partial charge in [0, 0.05) is 14.1 Å².